The molecule has 1 N–H and O–H groups in total. The largest absolute Gasteiger partial charge is 0.493 e. The van der Waals surface area contributed by atoms with Crippen LogP contribution in [0.4, 0.5) is 0 Å². The summed E-state index contributed by atoms with van der Waals surface area (Å²) in [5, 5.41) is 2.84. The Morgan fingerprint density at radius 2 is 1.77 bits per heavy atom. The van der Waals surface area contributed by atoms with E-state index < -0.39 is 0 Å². The molecule has 0 spiro atoms. The van der Waals surface area contributed by atoms with Crippen molar-refractivity contribution in [2.24, 2.45) is 0 Å². The Balaban J connectivity index is 1.75. The van der Waals surface area contributed by atoms with Crippen LogP contribution < -0.4 is 14.8 Å². The minimum absolute atomic E-state index is 0.0319. The Labute approximate surface area is 138 Å². The molecule has 0 saturated carbocycles. The van der Waals surface area contributed by atoms with Crippen molar-refractivity contribution < 1.29 is 14.3 Å². The number of ether oxygens (including phenoxy) is 2. The molecule has 0 heterocycles. The minimum Gasteiger partial charge on any atom is -0.493 e. The number of halogens is 1. The van der Waals surface area contributed by atoms with Crippen molar-refractivity contribution in [1.82, 2.24) is 5.32 Å². The zero-order chi connectivity index (χ0) is 15.8. The van der Waals surface area contributed by atoms with Crippen LogP contribution in [0.15, 0.2) is 53.0 Å². The average Bonchev–Trinajstić information content (AvgIpc) is 2.54. The van der Waals surface area contributed by atoms with E-state index in [2.05, 4.69) is 21.2 Å². The van der Waals surface area contributed by atoms with Crippen molar-refractivity contribution in [2.75, 3.05) is 20.3 Å². The number of rotatable bonds is 7. The van der Waals surface area contributed by atoms with Gasteiger partial charge in [-0.25, -0.2) is 0 Å². The number of benzene rings is 2. The summed E-state index contributed by atoms with van der Waals surface area (Å²) in [6, 6.07) is 15.1. The fourth-order valence-corrected chi connectivity index (χ4v) is 2.39. The summed E-state index contributed by atoms with van der Waals surface area (Å²) in [7, 11) is 1.60. The second-order valence-electron chi connectivity index (χ2n) is 4.62. The summed E-state index contributed by atoms with van der Waals surface area (Å²) in [6.07, 6.45) is 0.343. The molecular weight excluding hydrogens is 346 g/mol. The Hall–Kier alpha value is -2.01. The maximum absolute atomic E-state index is 11.9. The molecule has 2 rings (SSSR count). The first-order valence-corrected chi connectivity index (χ1v) is 7.76. The molecule has 0 saturated heterocycles. The Morgan fingerprint density at radius 1 is 1.09 bits per heavy atom. The molecular formula is C17H18BrNO3. The van der Waals surface area contributed by atoms with Crippen molar-refractivity contribution in [3.63, 3.8) is 0 Å². The maximum Gasteiger partial charge on any atom is 0.224 e. The summed E-state index contributed by atoms with van der Waals surface area (Å²) in [4.78, 5) is 11.9. The van der Waals surface area contributed by atoms with Crippen LogP contribution in [0.1, 0.15) is 5.56 Å². The highest BCUT2D eigenvalue weighted by Gasteiger charge is 2.06. The van der Waals surface area contributed by atoms with E-state index in [4.69, 9.17) is 9.47 Å². The predicted octanol–water partition coefficient (Wildman–Crippen LogP) is 3.20. The Morgan fingerprint density at radius 3 is 2.50 bits per heavy atom. The van der Waals surface area contributed by atoms with E-state index in [1.165, 1.54) is 0 Å². The third-order valence-corrected chi connectivity index (χ3v) is 3.83. The maximum atomic E-state index is 11.9. The first-order chi connectivity index (χ1) is 10.7. The number of carbonyl (C=O) groups excluding carboxylic acids is 1. The van der Waals surface area contributed by atoms with Gasteiger partial charge in [0.2, 0.25) is 5.91 Å². The van der Waals surface area contributed by atoms with Gasteiger partial charge in [-0.05, 0) is 23.8 Å². The summed E-state index contributed by atoms with van der Waals surface area (Å²) in [5.41, 5.74) is 0.964. The van der Waals surface area contributed by atoms with Crippen LogP contribution in [0.5, 0.6) is 11.5 Å². The number of amides is 1. The lowest BCUT2D eigenvalue weighted by Crippen LogP contribution is -2.29. The number of carbonyl (C=O) groups is 1. The number of nitrogens with one attached hydrogen (secondary N) is 1. The van der Waals surface area contributed by atoms with E-state index in [1.807, 2.05) is 48.5 Å². The van der Waals surface area contributed by atoms with Crippen LogP contribution in [-0.4, -0.2) is 26.2 Å². The van der Waals surface area contributed by atoms with E-state index in [1.54, 1.807) is 7.11 Å². The van der Waals surface area contributed by atoms with Gasteiger partial charge in [0.15, 0.2) is 11.5 Å². The van der Waals surface area contributed by atoms with Gasteiger partial charge in [0, 0.05) is 4.47 Å². The molecule has 0 atom stereocenters. The second kappa shape index (κ2) is 8.44. The zero-order valence-corrected chi connectivity index (χ0v) is 13.9. The van der Waals surface area contributed by atoms with Gasteiger partial charge in [-0.2, -0.15) is 0 Å². The van der Waals surface area contributed by atoms with E-state index >= 15 is 0 Å². The normalized spacial score (nSPS) is 10.1. The number of hydrogen-bond donors (Lipinski definition) is 1. The van der Waals surface area contributed by atoms with Crippen molar-refractivity contribution >= 4 is 21.8 Å². The Kier molecular flexibility index (Phi) is 6.27. The van der Waals surface area contributed by atoms with Crippen molar-refractivity contribution in [2.45, 2.75) is 6.42 Å². The monoisotopic (exact) mass is 363 g/mol. The van der Waals surface area contributed by atoms with Gasteiger partial charge in [-0.1, -0.05) is 46.3 Å². The van der Waals surface area contributed by atoms with Crippen molar-refractivity contribution in [3.05, 3.63) is 58.6 Å². The van der Waals surface area contributed by atoms with Crippen LogP contribution in [0.25, 0.3) is 0 Å². The van der Waals surface area contributed by atoms with Gasteiger partial charge in [0.05, 0.1) is 20.1 Å². The third kappa shape index (κ3) is 4.77. The molecule has 0 aliphatic carbocycles. The standard InChI is InChI=1S/C17H18BrNO3/c1-21-15-8-4-5-9-16(15)22-11-10-19-17(20)12-13-6-2-3-7-14(13)18/h2-9H,10-12H2,1H3,(H,19,20). The molecule has 0 radical (unpaired) electrons. The molecule has 2 aromatic rings. The highest BCUT2D eigenvalue weighted by molar-refractivity contribution is 9.10. The molecule has 2 aromatic carbocycles. The zero-order valence-electron chi connectivity index (χ0n) is 12.3. The lowest BCUT2D eigenvalue weighted by atomic mass is 10.1. The van der Waals surface area contributed by atoms with Crippen LogP contribution in [0.3, 0.4) is 0 Å². The highest BCUT2D eigenvalue weighted by Crippen LogP contribution is 2.25. The van der Waals surface area contributed by atoms with E-state index in [9.17, 15) is 4.79 Å². The number of para-hydroxylation sites is 2. The molecule has 0 bridgehead atoms. The predicted molar refractivity (Wildman–Crippen MR) is 89.3 cm³/mol. The molecule has 0 aromatic heterocycles. The molecule has 1 amide bonds. The summed E-state index contributed by atoms with van der Waals surface area (Å²) in [5.74, 6) is 1.32. The fourth-order valence-electron chi connectivity index (χ4n) is 1.97. The summed E-state index contributed by atoms with van der Waals surface area (Å²) < 4.78 is 11.7. The minimum atomic E-state index is -0.0319. The van der Waals surface area contributed by atoms with Crippen LogP contribution in [-0.2, 0) is 11.2 Å². The highest BCUT2D eigenvalue weighted by atomic mass is 79.9. The van der Waals surface area contributed by atoms with Crippen LogP contribution in [0.2, 0.25) is 0 Å². The van der Waals surface area contributed by atoms with Crippen molar-refractivity contribution in [3.8, 4) is 11.5 Å². The molecule has 4 nitrogen and oxygen atoms in total. The molecule has 5 heteroatoms. The summed E-state index contributed by atoms with van der Waals surface area (Å²) >= 11 is 3.43. The quantitative estimate of drug-likeness (QED) is 0.768. The van der Waals surface area contributed by atoms with E-state index in [0.717, 1.165) is 10.0 Å². The lowest BCUT2D eigenvalue weighted by molar-refractivity contribution is -0.120. The number of methoxy groups -OCH3 is 1. The lowest BCUT2D eigenvalue weighted by Gasteiger charge is -2.11. The van der Waals surface area contributed by atoms with Gasteiger partial charge in [-0.3, -0.25) is 4.79 Å². The average molecular weight is 364 g/mol. The number of hydrogen-bond acceptors (Lipinski definition) is 3. The van der Waals surface area contributed by atoms with Crippen LogP contribution >= 0.6 is 15.9 Å². The van der Waals surface area contributed by atoms with Crippen LogP contribution in [0, 0.1) is 0 Å². The van der Waals surface area contributed by atoms with Gasteiger partial charge >= 0.3 is 0 Å². The molecule has 0 fully saturated rings. The third-order valence-electron chi connectivity index (χ3n) is 3.06. The first-order valence-electron chi connectivity index (χ1n) is 6.96. The molecule has 0 aliphatic heterocycles. The summed E-state index contributed by atoms with van der Waals surface area (Å²) in [6.45, 7) is 0.837. The SMILES string of the molecule is COc1ccccc1OCCNC(=O)Cc1ccccc1Br. The molecule has 116 valence electrons. The van der Waals surface area contributed by atoms with E-state index in [0.29, 0.717) is 31.1 Å². The second-order valence-corrected chi connectivity index (χ2v) is 5.47. The molecule has 0 unspecified atom stereocenters. The van der Waals surface area contributed by atoms with Gasteiger partial charge in [-0.15, -0.1) is 0 Å². The molecule has 0 aliphatic rings. The topological polar surface area (TPSA) is 47.6 Å². The van der Waals surface area contributed by atoms with Crippen molar-refractivity contribution in [1.29, 1.82) is 0 Å². The smallest absolute Gasteiger partial charge is 0.224 e. The molecule has 22 heavy (non-hydrogen) atoms. The fraction of sp³-hybridized carbons (Fsp3) is 0.235. The van der Waals surface area contributed by atoms with Gasteiger partial charge in [0.25, 0.3) is 0 Å². The van der Waals surface area contributed by atoms with E-state index in [-0.39, 0.29) is 5.91 Å². The Bertz CT molecular complexity index is 631. The van der Waals surface area contributed by atoms with Gasteiger partial charge in [0.1, 0.15) is 6.61 Å². The van der Waals surface area contributed by atoms with Gasteiger partial charge < -0.3 is 14.8 Å². The first kappa shape index (κ1) is 16.4.